The minimum Gasteiger partial charge on any atom is -0.492 e. The number of aromatic hydroxyl groups is 1. The van der Waals surface area contributed by atoms with Gasteiger partial charge in [-0.15, -0.1) is 5.10 Å². The number of likely N-dealkylation sites (N-methyl/N-ethyl adjacent to an activating group) is 1. The zero-order valence-electron chi connectivity index (χ0n) is 10.1. The summed E-state index contributed by atoms with van der Waals surface area (Å²) in [5, 5.41) is 17.5. The molecule has 0 radical (unpaired) electrons. The van der Waals surface area contributed by atoms with E-state index in [2.05, 4.69) is 10.2 Å². The monoisotopic (exact) mass is 265 g/mol. The van der Waals surface area contributed by atoms with Crippen molar-refractivity contribution < 1.29 is 18.7 Å². The molecule has 0 fully saturated rings. The summed E-state index contributed by atoms with van der Waals surface area (Å²) >= 11 is 0. The maximum absolute atomic E-state index is 13.9. The molecule has 1 N–H and O–H groups in total. The van der Waals surface area contributed by atoms with Gasteiger partial charge in [0, 0.05) is 17.8 Å². The van der Waals surface area contributed by atoms with Gasteiger partial charge in [-0.05, 0) is 19.1 Å². The van der Waals surface area contributed by atoms with Crippen LogP contribution in [0.2, 0.25) is 0 Å². The van der Waals surface area contributed by atoms with Gasteiger partial charge in [0.1, 0.15) is 0 Å². The van der Waals surface area contributed by atoms with E-state index in [1.165, 1.54) is 19.2 Å². The van der Waals surface area contributed by atoms with E-state index >= 15 is 0 Å². The van der Waals surface area contributed by atoms with E-state index in [0.29, 0.717) is 16.5 Å². The van der Waals surface area contributed by atoms with Crippen LogP contribution < -0.4 is 4.90 Å². The molecule has 1 aliphatic heterocycles. The second kappa shape index (κ2) is 3.37. The number of halogens is 2. The molecule has 0 unspecified atom stereocenters. The third-order valence-electron chi connectivity index (χ3n) is 3.33. The Bertz CT molecular complexity index is 730. The van der Waals surface area contributed by atoms with Crippen LogP contribution in [-0.2, 0) is 10.7 Å². The Hall–Kier alpha value is -2.31. The maximum Gasteiger partial charge on any atom is 0.352 e. The van der Waals surface area contributed by atoms with Crippen LogP contribution in [-0.4, -0.2) is 28.3 Å². The predicted molar refractivity (Wildman–Crippen MR) is 63.2 cm³/mol. The quantitative estimate of drug-likeness (QED) is 0.787. The van der Waals surface area contributed by atoms with Crippen molar-refractivity contribution in [2.75, 3.05) is 11.9 Å². The summed E-state index contributed by atoms with van der Waals surface area (Å²) in [5.74, 6) is -5.18. The topological polar surface area (TPSA) is 66.3 Å². The number of fused-ring (bicyclic) bond motifs is 2. The van der Waals surface area contributed by atoms with Crippen molar-refractivity contribution >= 4 is 22.4 Å². The standard InChI is InChI=1S/C12H9F2N3O2/c1-5-6-3-8-9(4-7(6)10(18)16-15-5)17(2)11(19)12(8,13)14/h3-4H,1-2H3,(H,16,18). The lowest BCUT2D eigenvalue weighted by molar-refractivity contribution is -0.141. The molecule has 19 heavy (non-hydrogen) atoms. The van der Waals surface area contributed by atoms with Crippen LogP contribution >= 0.6 is 0 Å². The van der Waals surface area contributed by atoms with Crippen molar-refractivity contribution in [2.24, 2.45) is 0 Å². The van der Waals surface area contributed by atoms with Gasteiger partial charge in [0.25, 0.3) is 0 Å². The van der Waals surface area contributed by atoms with Gasteiger partial charge in [-0.2, -0.15) is 13.9 Å². The number of carbonyl (C=O) groups is 1. The molecule has 0 saturated carbocycles. The average molecular weight is 265 g/mol. The van der Waals surface area contributed by atoms with Gasteiger partial charge in [-0.25, -0.2) is 0 Å². The Labute approximate surface area is 106 Å². The fourth-order valence-corrected chi connectivity index (χ4v) is 2.27. The highest BCUT2D eigenvalue weighted by Gasteiger charge is 2.51. The first-order valence-electron chi connectivity index (χ1n) is 5.50. The molecule has 5 nitrogen and oxygen atoms in total. The van der Waals surface area contributed by atoms with Crippen molar-refractivity contribution in [1.82, 2.24) is 10.2 Å². The first-order valence-corrected chi connectivity index (χ1v) is 5.50. The van der Waals surface area contributed by atoms with Crippen LogP contribution in [0.15, 0.2) is 12.1 Å². The van der Waals surface area contributed by atoms with E-state index in [4.69, 9.17) is 0 Å². The van der Waals surface area contributed by atoms with Crippen LogP contribution in [0.1, 0.15) is 11.3 Å². The molecule has 7 heteroatoms. The molecule has 0 aliphatic carbocycles. The van der Waals surface area contributed by atoms with Crippen LogP contribution in [0, 0.1) is 6.92 Å². The number of amides is 1. The molecule has 0 atom stereocenters. The third kappa shape index (κ3) is 1.35. The number of rotatable bonds is 0. The van der Waals surface area contributed by atoms with E-state index < -0.39 is 11.8 Å². The van der Waals surface area contributed by atoms with Crippen molar-refractivity contribution in [3.8, 4) is 5.88 Å². The molecular formula is C12H9F2N3O2. The Morgan fingerprint density at radius 1 is 1.26 bits per heavy atom. The van der Waals surface area contributed by atoms with Gasteiger partial charge in [0.15, 0.2) is 0 Å². The number of aromatic nitrogens is 2. The highest BCUT2D eigenvalue weighted by atomic mass is 19.3. The Balaban J connectivity index is 2.44. The smallest absolute Gasteiger partial charge is 0.352 e. The predicted octanol–water partition coefficient (Wildman–Crippen LogP) is 1.71. The van der Waals surface area contributed by atoms with Gasteiger partial charge >= 0.3 is 11.8 Å². The van der Waals surface area contributed by atoms with Gasteiger partial charge in [-0.3, -0.25) is 4.79 Å². The number of alkyl halides is 2. The molecule has 2 aromatic rings. The summed E-state index contributed by atoms with van der Waals surface area (Å²) in [6.45, 7) is 1.60. The van der Waals surface area contributed by atoms with Crippen LogP contribution in [0.4, 0.5) is 14.5 Å². The van der Waals surface area contributed by atoms with Crippen molar-refractivity contribution in [2.45, 2.75) is 12.8 Å². The minimum atomic E-state index is -3.55. The highest BCUT2D eigenvalue weighted by molar-refractivity contribution is 6.08. The van der Waals surface area contributed by atoms with E-state index in [1.807, 2.05) is 0 Å². The average Bonchev–Trinajstić information content (AvgIpc) is 2.55. The van der Waals surface area contributed by atoms with Gasteiger partial charge in [0.05, 0.1) is 16.9 Å². The summed E-state index contributed by atoms with van der Waals surface area (Å²) in [7, 11) is 1.27. The van der Waals surface area contributed by atoms with Crippen molar-refractivity contribution in [3.05, 3.63) is 23.4 Å². The summed E-state index contributed by atoms with van der Waals surface area (Å²) in [6.07, 6.45) is 0. The van der Waals surface area contributed by atoms with E-state index in [0.717, 1.165) is 4.90 Å². The lowest BCUT2D eigenvalue weighted by Gasteiger charge is -2.10. The van der Waals surface area contributed by atoms with E-state index in [9.17, 15) is 18.7 Å². The fourth-order valence-electron chi connectivity index (χ4n) is 2.27. The number of nitrogens with zero attached hydrogens (tertiary/aromatic N) is 3. The minimum absolute atomic E-state index is 0.0743. The summed E-state index contributed by atoms with van der Waals surface area (Å²) < 4.78 is 27.7. The Kier molecular flexibility index (Phi) is 2.09. The second-order valence-corrected chi connectivity index (χ2v) is 4.46. The normalized spacial score (nSPS) is 17.1. The largest absolute Gasteiger partial charge is 0.492 e. The zero-order valence-corrected chi connectivity index (χ0v) is 10.1. The molecule has 0 bridgehead atoms. The number of hydrogen-bond acceptors (Lipinski definition) is 4. The highest BCUT2D eigenvalue weighted by Crippen LogP contribution is 2.46. The Morgan fingerprint density at radius 3 is 2.63 bits per heavy atom. The number of hydrogen-bond donors (Lipinski definition) is 1. The molecule has 0 spiro atoms. The molecule has 1 amide bonds. The summed E-state index contributed by atoms with van der Waals surface area (Å²) in [5.41, 5.74) is 0.113. The molecule has 1 aliphatic rings. The summed E-state index contributed by atoms with van der Waals surface area (Å²) in [4.78, 5) is 12.4. The Morgan fingerprint density at radius 2 is 1.95 bits per heavy atom. The van der Waals surface area contributed by atoms with Gasteiger partial charge in [0.2, 0.25) is 5.88 Å². The zero-order chi connectivity index (χ0) is 13.9. The molecule has 1 aromatic carbocycles. The van der Waals surface area contributed by atoms with Crippen molar-refractivity contribution in [3.63, 3.8) is 0 Å². The summed E-state index contributed by atoms with van der Waals surface area (Å²) in [6, 6.07) is 2.52. The number of benzene rings is 1. The molecule has 3 rings (SSSR count). The van der Waals surface area contributed by atoms with Gasteiger partial charge < -0.3 is 10.0 Å². The third-order valence-corrected chi connectivity index (χ3v) is 3.33. The van der Waals surface area contributed by atoms with E-state index in [-0.39, 0.29) is 17.1 Å². The van der Waals surface area contributed by atoms with Crippen molar-refractivity contribution in [1.29, 1.82) is 0 Å². The molecule has 2 heterocycles. The molecular weight excluding hydrogens is 256 g/mol. The molecule has 0 saturated heterocycles. The molecule has 98 valence electrons. The van der Waals surface area contributed by atoms with Crippen LogP contribution in [0.5, 0.6) is 5.88 Å². The fraction of sp³-hybridized carbons (Fsp3) is 0.250. The van der Waals surface area contributed by atoms with Crippen LogP contribution in [0.25, 0.3) is 10.8 Å². The molecule has 1 aromatic heterocycles. The van der Waals surface area contributed by atoms with Crippen LogP contribution in [0.3, 0.4) is 0 Å². The van der Waals surface area contributed by atoms with Gasteiger partial charge in [-0.1, -0.05) is 0 Å². The first-order chi connectivity index (χ1) is 8.84. The number of carbonyl (C=O) groups excluding carboxylic acids is 1. The lowest BCUT2D eigenvalue weighted by Crippen LogP contribution is -2.31. The maximum atomic E-state index is 13.9. The number of aryl methyl sites for hydroxylation is 1. The SMILES string of the molecule is Cc1nnc(O)c2cc3c(cc12)C(F)(F)C(=O)N3C. The second-order valence-electron chi connectivity index (χ2n) is 4.46. The lowest BCUT2D eigenvalue weighted by atomic mass is 10.0. The number of anilines is 1. The van der Waals surface area contributed by atoms with E-state index in [1.54, 1.807) is 6.92 Å². The first kappa shape index (κ1) is 11.8.